The van der Waals surface area contributed by atoms with Crippen LogP contribution in [0.25, 0.3) is 0 Å². The van der Waals surface area contributed by atoms with E-state index < -0.39 is 24.1 Å². The highest BCUT2D eigenvalue weighted by atomic mass is 19.1. The van der Waals surface area contributed by atoms with Crippen molar-refractivity contribution in [2.45, 2.75) is 31.5 Å². The minimum Gasteiger partial charge on any atom is -0.463 e. The lowest BCUT2D eigenvalue weighted by Crippen LogP contribution is -2.33. The van der Waals surface area contributed by atoms with Crippen LogP contribution in [0.2, 0.25) is 0 Å². The summed E-state index contributed by atoms with van der Waals surface area (Å²) in [6, 6.07) is 12.6. The quantitative estimate of drug-likeness (QED) is 0.726. The molecule has 0 aliphatic heterocycles. The zero-order valence-corrected chi connectivity index (χ0v) is 14.1. The van der Waals surface area contributed by atoms with Gasteiger partial charge in [0, 0.05) is 6.42 Å². The molecule has 26 heavy (non-hydrogen) atoms. The predicted octanol–water partition coefficient (Wildman–Crippen LogP) is 3.81. The van der Waals surface area contributed by atoms with Crippen LogP contribution in [0.1, 0.15) is 18.4 Å². The van der Waals surface area contributed by atoms with Gasteiger partial charge in [0.15, 0.2) is 11.6 Å². The van der Waals surface area contributed by atoms with Gasteiger partial charge in [-0.15, -0.1) is 0 Å². The van der Waals surface area contributed by atoms with E-state index in [9.17, 15) is 18.7 Å². The van der Waals surface area contributed by atoms with Gasteiger partial charge in [0.25, 0.3) is 0 Å². The van der Waals surface area contributed by atoms with Gasteiger partial charge in [-0.25, -0.2) is 13.6 Å². The minimum atomic E-state index is -2.14. The van der Waals surface area contributed by atoms with E-state index in [2.05, 4.69) is 0 Å². The Labute approximate surface area is 150 Å². The number of ether oxygens (including phenoxy) is 2. The van der Waals surface area contributed by atoms with Crippen LogP contribution in [-0.4, -0.2) is 30.0 Å². The maximum atomic E-state index is 14.0. The third-order valence-electron chi connectivity index (χ3n) is 4.13. The standard InChI is InChI=1S/C20H20F2O4/c21-16-9-8-14(11-18(16)26-15-4-2-1-3-5-15)10-17(23)19(22)20(24)25-12-13-6-7-13/h1-5,8-9,11,13,17,19,23H,6-7,10,12H2. The maximum Gasteiger partial charge on any atom is 0.343 e. The number of para-hydroxylation sites is 1. The Kier molecular flexibility index (Phi) is 5.83. The molecule has 0 saturated heterocycles. The van der Waals surface area contributed by atoms with Crippen LogP contribution in [0.5, 0.6) is 11.5 Å². The fourth-order valence-electron chi connectivity index (χ4n) is 2.43. The highest BCUT2D eigenvalue weighted by Crippen LogP contribution is 2.29. The lowest BCUT2D eigenvalue weighted by Gasteiger charge is -2.16. The van der Waals surface area contributed by atoms with Crippen molar-refractivity contribution >= 4 is 5.97 Å². The van der Waals surface area contributed by atoms with E-state index in [1.54, 1.807) is 30.3 Å². The number of halogens is 2. The van der Waals surface area contributed by atoms with Crippen molar-refractivity contribution in [1.29, 1.82) is 0 Å². The number of benzene rings is 2. The summed E-state index contributed by atoms with van der Waals surface area (Å²) in [5.41, 5.74) is 0.447. The van der Waals surface area contributed by atoms with E-state index in [1.165, 1.54) is 18.2 Å². The van der Waals surface area contributed by atoms with Crippen LogP contribution in [0.15, 0.2) is 48.5 Å². The van der Waals surface area contributed by atoms with Gasteiger partial charge >= 0.3 is 5.97 Å². The van der Waals surface area contributed by atoms with Crippen molar-refractivity contribution in [2.24, 2.45) is 5.92 Å². The molecule has 2 aromatic carbocycles. The zero-order valence-electron chi connectivity index (χ0n) is 14.1. The molecule has 2 aromatic rings. The Morgan fingerprint density at radius 2 is 1.92 bits per heavy atom. The SMILES string of the molecule is O=C(OCC1CC1)C(F)C(O)Cc1ccc(F)c(Oc2ccccc2)c1. The molecule has 0 amide bonds. The number of aliphatic hydroxyl groups excluding tert-OH is 1. The number of carbonyl (C=O) groups excluding carboxylic acids is 1. The lowest BCUT2D eigenvalue weighted by molar-refractivity contribution is -0.154. The van der Waals surface area contributed by atoms with Gasteiger partial charge in [-0.2, -0.15) is 0 Å². The molecule has 3 rings (SSSR count). The van der Waals surface area contributed by atoms with Crippen LogP contribution < -0.4 is 4.74 Å². The van der Waals surface area contributed by atoms with E-state index in [4.69, 9.17) is 9.47 Å². The van der Waals surface area contributed by atoms with E-state index in [0.29, 0.717) is 17.2 Å². The minimum absolute atomic E-state index is 0.0346. The first-order valence-corrected chi connectivity index (χ1v) is 8.53. The number of alkyl halides is 1. The summed E-state index contributed by atoms with van der Waals surface area (Å²) < 4.78 is 38.3. The van der Waals surface area contributed by atoms with E-state index in [0.717, 1.165) is 12.8 Å². The summed E-state index contributed by atoms with van der Waals surface area (Å²) in [5.74, 6) is -0.901. The number of hydrogen-bond acceptors (Lipinski definition) is 4. The maximum absolute atomic E-state index is 14.0. The second-order valence-corrected chi connectivity index (χ2v) is 6.43. The second kappa shape index (κ2) is 8.27. The Morgan fingerprint density at radius 1 is 1.19 bits per heavy atom. The summed E-state index contributed by atoms with van der Waals surface area (Å²) in [6.07, 6.45) is -1.92. The molecule has 6 heteroatoms. The highest BCUT2D eigenvalue weighted by molar-refractivity contribution is 5.75. The van der Waals surface area contributed by atoms with Crippen LogP contribution >= 0.6 is 0 Å². The smallest absolute Gasteiger partial charge is 0.343 e. The Hall–Kier alpha value is -2.47. The molecule has 0 bridgehead atoms. The normalized spacial score (nSPS) is 16.0. The van der Waals surface area contributed by atoms with Crippen LogP contribution in [0.3, 0.4) is 0 Å². The van der Waals surface area contributed by atoms with Crippen molar-refractivity contribution in [3.05, 3.63) is 59.9 Å². The lowest BCUT2D eigenvalue weighted by atomic mass is 10.0. The summed E-state index contributed by atoms with van der Waals surface area (Å²) >= 11 is 0. The van der Waals surface area contributed by atoms with Gasteiger partial charge in [-0.05, 0) is 48.6 Å². The van der Waals surface area contributed by atoms with Crippen LogP contribution in [0, 0.1) is 11.7 Å². The fourth-order valence-corrected chi connectivity index (χ4v) is 2.43. The van der Waals surface area contributed by atoms with Gasteiger partial charge in [-0.1, -0.05) is 24.3 Å². The molecule has 0 radical (unpaired) electrons. The predicted molar refractivity (Wildman–Crippen MR) is 91.2 cm³/mol. The average Bonchev–Trinajstić information content (AvgIpc) is 3.47. The molecule has 0 heterocycles. The number of carbonyl (C=O) groups is 1. The summed E-state index contributed by atoms with van der Waals surface area (Å²) in [4.78, 5) is 11.6. The molecular weight excluding hydrogens is 342 g/mol. The molecule has 0 spiro atoms. The van der Waals surface area contributed by atoms with Gasteiger partial charge < -0.3 is 14.6 Å². The first-order chi connectivity index (χ1) is 12.5. The average molecular weight is 362 g/mol. The van der Waals surface area contributed by atoms with Gasteiger partial charge in [0.2, 0.25) is 6.17 Å². The Balaban J connectivity index is 1.61. The molecule has 1 fully saturated rings. The van der Waals surface area contributed by atoms with E-state index >= 15 is 0 Å². The van der Waals surface area contributed by atoms with Crippen molar-refractivity contribution in [1.82, 2.24) is 0 Å². The molecule has 1 saturated carbocycles. The third kappa shape index (κ3) is 5.02. The summed E-state index contributed by atoms with van der Waals surface area (Å²) in [7, 11) is 0. The molecule has 138 valence electrons. The monoisotopic (exact) mass is 362 g/mol. The molecule has 1 aliphatic carbocycles. The van der Waals surface area contributed by atoms with E-state index in [-0.39, 0.29) is 18.8 Å². The first kappa shape index (κ1) is 18.3. The van der Waals surface area contributed by atoms with Crippen molar-refractivity contribution in [3.63, 3.8) is 0 Å². The second-order valence-electron chi connectivity index (χ2n) is 6.43. The van der Waals surface area contributed by atoms with Gasteiger partial charge in [0.1, 0.15) is 11.9 Å². The van der Waals surface area contributed by atoms with Gasteiger partial charge in [0.05, 0.1) is 6.61 Å². The topological polar surface area (TPSA) is 55.8 Å². The molecular formula is C20H20F2O4. The Bertz CT molecular complexity index is 747. The van der Waals surface area contributed by atoms with Gasteiger partial charge in [-0.3, -0.25) is 0 Å². The highest BCUT2D eigenvalue weighted by Gasteiger charge is 2.30. The molecule has 2 atom stereocenters. The van der Waals surface area contributed by atoms with Crippen molar-refractivity contribution in [3.8, 4) is 11.5 Å². The number of rotatable bonds is 8. The van der Waals surface area contributed by atoms with Crippen molar-refractivity contribution in [2.75, 3.05) is 6.61 Å². The number of aliphatic hydroxyl groups is 1. The third-order valence-corrected chi connectivity index (χ3v) is 4.13. The summed E-state index contributed by atoms with van der Waals surface area (Å²) in [6.45, 7) is 0.192. The largest absolute Gasteiger partial charge is 0.463 e. The first-order valence-electron chi connectivity index (χ1n) is 8.53. The van der Waals surface area contributed by atoms with E-state index in [1.807, 2.05) is 0 Å². The molecule has 0 aromatic heterocycles. The van der Waals surface area contributed by atoms with Crippen molar-refractivity contribution < 1.29 is 28.2 Å². The van der Waals surface area contributed by atoms with Crippen LogP contribution in [-0.2, 0) is 16.0 Å². The van der Waals surface area contributed by atoms with Crippen LogP contribution in [0.4, 0.5) is 8.78 Å². The number of esters is 1. The number of hydrogen-bond donors (Lipinski definition) is 1. The molecule has 1 N–H and O–H groups in total. The molecule has 1 aliphatic rings. The summed E-state index contributed by atoms with van der Waals surface area (Å²) in [5, 5.41) is 9.96. The fraction of sp³-hybridized carbons (Fsp3) is 0.350. The Morgan fingerprint density at radius 3 is 2.62 bits per heavy atom. The molecule has 4 nitrogen and oxygen atoms in total. The molecule has 2 unspecified atom stereocenters. The zero-order chi connectivity index (χ0) is 18.5.